The van der Waals surface area contributed by atoms with Gasteiger partial charge in [0, 0.05) is 6.04 Å². The van der Waals surface area contributed by atoms with E-state index >= 15 is 0 Å². The van der Waals surface area contributed by atoms with Crippen molar-refractivity contribution in [2.45, 2.75) is 37.6 Å². The third-order valence-electron chi connectivity index (χ3n) is 2.32. The summed E-state index contributed by atoms with van der Waals surface area (Å²) in [6, 6.07) is -0.717. The maximum absolute atomic E-state index is 12.1. The first-order valence-electron chi connectivity index (χ1n) is 3.91. The standard InChI is InChI=1S/C7H12F3NO/c8-7(9,10)4-1-2-6(12)5(11)3-4/h4-6,12H,1-3,11H2. The fourth-order valence-electron chi connectivity index (χ4n) is 1.49. The molecular formula is C7H12F3NO. The Bertz CT molecular complexity index is 159. The normalized spacial score (nSPS) is 38.2. The summed E-state index contributed by atoms with van der Waals surface area (Å²) in [5.74, 6) is -1.32. The van der Waals surface area contributed by atoms with Crippen LogP contribution in [0.25, 0.3) is 0 Å². The second-order valence-corrected chi connectivity index (χ2v) is 3.28. The fraction of sp³-hybridized carbons (Fsp3) is 1.00. The van der Waals surface area contributed by atoms with Gasteiger partial charge in [-0.05, 0) is 19.3 Å². The summed E-state index contributed by atoms with van der Waals surface area (Å²) in [6.45, 7) is 0. The van der Waals surface area contributed by atoms with Crippen LogP contribution in [0.4, 0.5) is 13.2 Å². The first-order chi connectivity index (χ1) is 5.41. The van der Waals surface area contributed by atoms with Crippen LogP contribution in [0.15, 0.2) is 0 Å². The predicted octanol–water partition coefficient (Wildman–Crippen LogP) is 1.04. The van der Waals surface area contributed by atoms with Gasteiger partial charge in [-0.25, -0.2) is 0 Å². The van der Waals surface area contributed by atoms with Crippen LogP contribution in [0.5, 0.6) is 0 Å². The molecule has 0 heterocycles. The molecule has 1 aliphatic rings. The van der Waals surface area contributed by atoms with Crippen molar-refractivity contribution < 1.29 is 18.3 Å². The van der Waals surface area contributed by atoms with Crippen molar-refractivity contribution in [1.82, 2.24) is 0 Å². The van der Waals surface area contributed by atoms with Gasteiger partial charge >= 0.3 is 6.18 Å². The minimum atomic E-state index is -4.15. The van der Waals surface area contributed by atoms with Crippen molar-refractivity contribution in [2.75, 3.05) is 0 Å². The Morgan fingerprint density at radius 3 is 2.25 bits per heavy atom. The van der Waals surface area contributed by atoms with E-state index in [1.54, 1.807) is 0 Å². The quantitative estimate of drug-likeness (QED) is 0.589. The Labute approximate surface area is 68.6 Å². The number of hydrogen-bond donors (Lipinski definition) is 2. The van der Waals surface area contributed by atoms with Crippen molar-refractivity contribution in [3.05, 3.63) is 0 Å². The van der Waals surface area contributed by atoms with Gasteiger partial charge in [-0.1, -0.05) is 0 Å². The van der Waals surface area contributed by atoms with Crippen LogP contribution < -0.4 is 5.73 Å². The molecule has 5 heteroatoms. The van der Waals surface area contributed by atoms with E-state index in [0.29, 0.717) is 0 Å². The zero-order chi connectivity index (χ0) is 9.35. The molecule has 0 aromatic heterocycles. The molecule has 3 atom stereocenters. The summed E-state index contributed by atoms with van der Waals surface area (Å²) in [4.78, 5) is 0. The summed E-state index contributed by atoms with van der Waals surface area (Å²) < 4.78 is 36.3. The van der Waals surface area contributed by atoms with E-state index in [9.17, 15) is 13.2 Å². The van der Waals surface area contributed by atoms with Gasteiger partial charge in [0.05, 0.1) is 12.0 Å². The van der Waals surface area contributed by atoms with Crippen molar-refractivity contribution in [1.29, 1.82) is 0 Å². The van der Waals surface area contributed by atoms with Crippen molar-refractivity contribution in [3.8, 4) is 0 Å². The van der Waals surface area contributed by atoms with Gasteiger partial charge < -0.3 is 10.8 Å². The van der Waals surface area contributed by atoms with E-state index in [2.05, 4.69) is 0 Å². The highest BCUT2D eigenvalue weighted by atomic mass is 19.4. The molecule has 0 amide bonds. The molecule has 1 fully saturated rings. The lowest BCUT2D eigenvalue weighted by Gasteiger charge is -2.31. The monoisotopic (exact) mass is 183 g/mol. The molecule has 3 N–H and O–H groups in total. The van der Waals surface area contributed by atoms with E-state index in [1.165, 1.54) is 0 Å². The molecule has 1 rings (SSSR count). The second kappa shape index (κ2) is 3.22. The first-order valence-corrected chi connectivity index (χ1v) is 3.91. The minimum absolute atomic E-state index is 0.00162. The predicted molar refractivity (Wildman–Crippen MR) is 37.4 cm³/mol. The van der Waals surface area contributed by atoms with E-state index in [-0.39, 0.29) is 19.3 Å². The van der Waals surface area contributed by atoms with Crippen LogP contribution in [0.1, 0.15) is 19.3 Å². The van der Waals surface area contributed by atoms with Crippen molar-refractivity contribution >= 4 is 0 Å². The minimum Gasteiger partial charge on any atom is -0.392 e. The highest BCUT2D eigenvalue weighted by molar-refractivity contribution is 4.85. The summed E-state index contributed by atoms with van der Waals surface area (Å²) in [6.07, 6.45) is -4.91. The maximum atomic E-state index is 12.1. The van der Waals surface area contributed by atoms with E-state index < -0.39 is 24.2 Å². The van der Waals surface area contributed by atoms with Gasteiger partial charge in [-0.2, -0.15) is 13.2 Å². The lowest BCUT2D eigenvalue weighted by atomic mass is 9.84. The zero-order valence-electron chi connectivity index (χ0n) is 6.51. The van der Waals surface area contributed by atoms with Gasteiger partial charge in [0.2, 0.25) is 0 Å². The van der Waals surface area contributed by atoms with Gasteiger partial charge in [-0.15, -0.1) is 0 Å². The van der Waals surface area contributed by atoms with Crippen LogP contribution in [0.3, 0.4) is 0 Å². The number of aliphatic hydroxyl groups excluding tert-OH is 1. The second-order valence-electron chi connectivity index (χ2n) is 3.28. The smallest absolute Gasteiger partial charge is 0.391 e. The highest BCUT2D eigenvalue weighted by Crippen LogP contribution is 2.36. The summed E-state index contributed by atoms with van der Waals surface area (Å²) in [5.41, 5.74) is 5.32. The van der Waals surface area contributed by atoms with E-state index in [0.717, 1.165) is 0 Å². The molecule has 0 aromatic carbocycles. The van der Waals surface area contributed by atoms with E-state index in [4.69, 9.17) is 10.8 Å². The Hall–Kier alpha value is -0.290. The molecule has 2 nitrogen and oxygen atoms in total. The highest BCUT2D eigenvalue weighted by Gasteiger charge is 2.43. The fourth-order valence-corrected chi connectivity index (χ4v) is 1.49. The number of halogens is 3. The van der Waals surface area contributed by atoms with Crippen LogP contribution in [0.2, 0.25) is 0 Å². The Morgan fingerprint density at radius 2 is 1.83 bits per heavy atom. The van der Waals surface area contributed by atoms with Gasteiger partial charge in [0.1, 0.15) is 0 Å². The Balaban J connectivity index is 2.51. The SMILES string of the molecule is NC1CC(C(F)(F)F)CCC1O. The summed E-state index contributed by atoms with van der Waals surface area (Å²) >= 11 is 0. The average Bonchev–Trinajstić information content (AvgIpc) is 1.92. The number of nitrogens with two attached hydrogens (primary N) is 1. The van der Waals surface area contributed by atoms with Crippen LogP contribution >= 0.6 is 0 Å². The molecule has 3 unspecified atom stereocenters. The summed E-state index contributed by atoms with van der Waals surface area (Å²) in [5, 5.41) is 9.07. The Kier molecular flexibility index (Phi) is 2.63. The number of hydrogen-bond acceptors (Lipinski definition) is 2. The third-order valence-corrected chi connectivity index (χ3v) is 2.32. The van der Waals surface area contributed by atoms with Gasteiger partial charge in [-0.3, -0.25) is 0 Å². The van der Waals surface area contributed by atoms with Crippen LogP contribution in [-0.4, -0.2) is 23.4 Å². The lowest BCUT2D eigenvalue weighted by Crippen LogP contribution is -2.44. The molecule has 1 saturated carbocycles. The molecular weight excluding hydrogens is 171 g/mol. The lowest BCUT2D eigenvalue weighted by molar-refractivity contribution is -0.187. The molecule has 0 radical (unpaired) electrons. The number of aliphatic hydroxyl groups is 1. The molecule has 0 spiro atoms. The van der Waals surface area contributed by atoms with Crippen LogP contribution in [-0.2, 0) is 0 Å². The third kappa shape index (κ3) is 2.10. The largest absolute Gasteiger partial charge is 0.392 e. The summed E-state index contributed by atoms with van der Waals surface area (Å²) in [7, 11) is 0. The molecule has 0 aromatic rings. The first kappa shape index (κ1) is 9.80. The topological polar surface area (TPSA) is 46.2 Å². The number of alkyl halides is 3. The van der Waals surface area contributed by atoms with Crippen LogP contribution in [0, 0.1) is 5.92 Å². The Morgan fingerprint density at radius 1 is 1.25 bits per heavy atom. The molecule has 0 saturated heterocycles. The molecule has 12 heavy (non-hydrogen) atoms. The molecule has 0 bridgehead atoms. The van der Waals surface area contributed by atoms with Crippen molar-refractivity contribution in [2.24, 2.45) is 11.7 Å². The van der Waals surface area contributed by atoms with Crippen molar-refractivity contribution in [3.63, 3.8) is 0 Å². The molecule has 1 aliphatic carbocycles. The van der Waals surface area contributed by atoms with E-state index in [1.807, 2.05) is 0 Å². The molecule has 72 valence electrons. The maximum Gasteiger partial charge on any atom is 0.391 e. The van der Waals surface area contributed by atoms with Gasteiger partial charge in [0.25, 0.3) is 0 Å². The number of rotatable bonds is 0. The molecule has 0 aliphatic heterocycles. The van der Waals surface area contributed by atoms with Gasteiger partial charge in [0.15, 0.2) is 0 Å². The zero-order valence-corrected chi connectivity index (χ0v) is 6.51. The average molecular weight is 183 g/mol.